The zero-order valence-electron chi connectivity index (χ0n) is 18.5. The van der Waals surface area contributed by atoms with Gasteiger partial charge in [0.1, 0.15) is 0 Å². The smallest absolute Gasteiger partial charge is 0.243 e. The average molecular weight is 456 g/mol. The molecule has 2 aliphatic heterocycles. The van der Waals surface area contributed by atoms with Gasteiger partial charge in [0.25, 0.3) is 0 Å². The zero-order chi connectivity index (χ0) is 22.9. The molecule has 0 aliphatic carbocycles. The van der Waals surface area contributed by atoms with Crippen molar-refractivity contribution in [1.82, 2.24) is 4.31 Å². The highest BCUT2D eigenvalue weighted by molar-refractivity contribution is 7.89. The molecule has 0 saturated carbocycles. The third-order valence-corrected chi connectivity index (χ3v) is 8.33. The molecule has 0 atom stereocenters. The fraction of sp³-hybridized carbons (Fsp3) is 0.417. The third kappa shape index (κ3) is 4.56. The summed E-state index contributed by atoms with van der Waals surface area (Å²) < 4.78 is 27.5. The first-order chi connectivity index (χ1) is 15.3. The van der Waals surface area contributed by atoms with E-state index in [0.29, 0.717) is 49.5 Å². The zero-order valence-corrected chi connectivity index (χ0v) is 19.3. The van der Waals surface area contributed by atoms with E-state index in [0.717, 1.165) is 23.2 Å². The van der Waals surface area contributed by atoms with Crippen LogP contribution in [-0.2, 0) is 19.6 Å². The Hall–Kier alpha value is -2.71. The van der Waals surface area contributed by atoms with E-state index in [1.165, 1.54) is 4.31 Å². The fourth-order valence-electron chi connectivity index (χ4n) is 4.30. The van der Waals surface area contributed by atoms with Crippen molar-refractivity contribution >= 4 is 33.2 Å². The van der Waals surface area contributed by atoms with Crippen molar-refractivity contribution in [2.24, 2.45) is 5.92 Å². The second kappa shape index (κ2) is 9.03. The van der Waals surface area contributed by atoms with Crippen molar-refractivity contribution in [3.8, 4) is 0 Å². The van der Waals surface area contributed by atoms with E-state index in [-0.39, 0.29) is 17.7 Å². The van der Waals surface area contributed by atoms with E-state index in [1.54, 1.807) is 23.1 Å². The predicted octanol–water partition coefficient (Wildman–Crippen LogP) is 3.47. The predicted molar refractivity (Wildman–Crippen MR) is 124 cm³/mol. The normalized spacial score (nSPS) is 18.2. The van der Waals surface area contributed by atoms with Gasteiger partial charge in [0.05, 0.1) is 4.90 Å². The van der Waals surface area contributed by atoms with Crippen LogP contribution in [0.25, 0.3) is 0 Å². The second-order valence-corrected chi connectivity index (χ2v) is 10.6. The number of nitrogens with zero attached hydrogens (tertiary/aromatic N) is 2. The molecule has 2 aromatic rings. The number of aryl methyl sites for hydroxylation is 2. The van der Waals surface area contributed by atoms with Crippen molar-refractivity contribution in [3.63, 3.8) is 0 Å². The standard InChI is InChI=1S/C24H29N3O4S/c1-17-8-9-22(15-18(17)2)32(30,31)26-13-10-19(11-14-26)24(29)25-20-5-3-6-21(16-20)27-12-4-7-23(27)28/h3,5-6,8-9,15-16,19H,4,7,10-14H2,1-2H3,(H,25,29). The first-order valence-electron chi connectivity index (χ1n) is 11.0. The number of carbonyl (C=O) groups excluding carboxylic acids is 2. The number of hydrogen-bond acceptors (Lipinski definition) is 4. The van der Waals surface area contributed by atoms with E-state index < -0.39 is 10.0 Å². The number of piperidine rings is 1. The molecule has 8 heteroatoms. The van der Waals surface area contributed by atoms with Crippen LogP contribution in [0.4, 0.5) is 11.4 Å². The van der Waals surface area contributed by atoms with Gasteiger partial charge in [-0.2, -0.15) is 4.31 Å². The van der Waals surface area contributed by atoms with Crippen LogP contribution in [0.1, 0.15) is 36.8 Å². The summed E-state index contributed by atoms with van der Waals surface area (Å²) in [4.78, 5) is 26.8. The summed E-state index contributed by atoms with van der Waals surface area (Å²) in [5, 5.41) is 2.94. The maximum absolute atomic E-state index is 13.0. The van der Waals surface area contributed by atoms with Crippen molar-refractivity contribution in [1.29, 1.82) is 0 Å². The molecule has 4 rings (SSSR count). The minimum atomic E-state index is -3.57. The van der Waals surface area contributed by atoms with Crippen LogP contribution in [0, 0.1) is 19.8 Å². The largest absolute Gasteiger partial charge is 0.326 e. The highest BCUT2D eigenvalue weighted by atomic mass is 32.2. The molecule has 7 nitrogen and oxygen atoms in total. The molecular formula is C24H29N3O4S. The molecule has 0 unspecified atom stereocenters. The van der Waals surface area contributed by atoms with E-state index in [1.807, 2.05) is 38.1 Å². The quantitative estimate of drug-likeness (QED) is 0.748. The SMILES string of the molecule is Cc1ccc(S(=O)(=O)N2CCC(C(=O)Nc3cccc(N4CCCC4=O)c3)CC2)cc1C. The molecular weight excluding hydrogens is 426 g/mol. The van der Waals surface area contributed by atoms with Crippen LogP contribution in [0.5, 0.6) is 0 Å². The number of sulfonamides is 1. The lowest BCUT2D eigenvalue weighted by atomic mass is 9.97. The van der Waals surface area contributed by atoms with E-state index in [2.05, 4.69) is 5.32 Å². The summed E-state index contributed by atoms with van der Waals surface area (Å²) in [6.07, 6.45) is 2.35. The highest BCUT2D eigenvalue weighted by Crippen LogP contribution is 2.28. The highest BCUT2D eigenvalue weighted by Gasteiger charge is 2.32. The molecule has 32 heavy (non-hydrogen) atoms. The van der Waals surface area contributed by atoms with E-state index in [4.69, 9.17) is 0 Å². The van der Waals surface area contributed by atoms with Gasteiger partial charge in [-0.3, -0.25) is 9.59 Å². The van der Waals surface area contributed by atoms with Crippen molar-refractivity contribution in [3.05, 3.63) is 53.6 Å². The second-order valence-electron chi connectivity index (χ2n) is 8.61. The number of nitrogens with one attached hydrogen (secondary N) is 1. The lowest BCUT2D eigenvalue weighted by molar-refractivity contribution is -0.121. The van der Waals surface area contributed by atoms with Gasteiger partial charge in [-0.1, -0.05) is 12.1 Å². The Bertz CT molecular complexity index is 1140. The average Bonchev–Trinajstić information content (AvgIpc) is 3.21. The summed E-state index contributed by atoms with van der Waals surface area (Å²) in [5.74, 6) is -0.262. The van der Waals surface area contributed by atoms with Crippen LogP contribution >= 0.6 is 0 Å². The molecule has 1 N–H and O–H groups in total. The molecule has 2 aromatic carbocycles. The Labute approximate surface area is 189 Å². The first kappa shape index (κ1) is 22.5. The Morgan fingerprint density at radius 3 is 2.41 bits per heavy atom. The minimum Gasteiger partial charge on any atom is -0.326 e. The van der Waals surface area contributed by atoms with Crippen LogP contribution in [0.15, 0.2) is 47.4 Å². The van der Waals surface area contributed by atoms with Gasteiger partial charge in [-0.15, -0.1) is 0 Å². The molecule has 2 amide bonds. The molecule has 0 bridgehead atoms. The summed E-state index contributed by atoms with van der Waals surface area (Å²) in [6.45, 7) is 5.18. The van der Waals surface area contributed by atoms with Crippen molar-refractivity contribution in [2.75, 3.05) is 29.9 Å². The number of hydrogen-bond donors (Lipinski definition) is 1. The summed E-state index contributed by atoms with van der Waals surface area (Å²) >= 11 is 0. The number of carbonyl (C=O) groups is 2. The van der Waals surface area contributed by atoms with Crippen molar-refractivity contribution in [2.45, 2.75) is 44.4 Å². The molecule has 170 valence electrons. The Morgan fingerprint density at radius 1 is 1.00 bits per heavy atom. The topological polar surface area (TPSA) is 86.8 Å². The Kier molecular flexibility index (Phi) is 6.35. The Morgan fingerprint density at radius 2 is 1.75 bits per heavy atom. The number of anilines is 2. The molecule has 2 aliphatic rings. The summed E-state index contributed by atoms with van der Waals surface area (Å²) in [7, 11) is -3.57. The maximum atomic E-state index is 13.0. The van der Waals surface area contributed by atoms with Gasteiger partial charge in [-0.05, 0) is 74.6 Å². The molecule has 2 saturated heterocycles. The summed E-state index contributed by atoms with van der Waals surface area (Å²) in [6, 6.07) is 12.5. The number of amides is 2. The number of rotatable bonds is 5. The van der Waals surface area contributed by atoms with Gasteiger partial charge < -0.3 is 10.2 Å². The molecule has 2 fully saturated rings. The lowest BCUT2D eigenvalue weighted by Gasteiger charge is -2.30. The molecule has 0 radical (unpaired) electrons. The van der Waals surface area contributed by atoms with Gasteiger partial charge in [-0.25, -0.2) is 8.42 Å². The van der Waals surface area contributed by atoms with Gasteiger partial charge in [0.2, 0.25) is 21.8 Å². The fourth-order valence-corrected chi connectivity index (χ4v) is 5.85. The van der Waals surface area contributed by atoms with E-state index >= 15 is 0 Å². The minimum absolute atomic E-state index is 0.103. The monoisotopic (exact) mass is 455 g/mol. The molecule has 2 heterocycles. The van der Waals surface area contributed by atoms with Gasteiger partial charge >= 0.3 is 0 Å². The van der Waals surface area contributed by atoms with Gasteiger partial charge in [0, 0.05) is 43.3 Å². The van der Waals surface area contributed by atoms with Crippen LogP contribution in [0.3, 0.4) is 0 Å². The molecule has 0 spiro atoms. The van der Waals surface area contributed by atoms with Gasteiger partial charge in [0.15, 0.2) is 0 Å². The van der Waals surface area contributed by atoms with Crippen LogP contribution in [0.2, 0.25) is 0 Å². The van der Waals surface area contributed by atoms with E-state index in [9.17, 15) is 18.0 Å². The van der Waals surface area contributed by atoms with Crippen LogP contribution < -0.4 is 10.2 Å². The molecule has 0 aromatic heterocycles. The van der Waals surface area contributed by atoms with Crippen LogP contribution in [-0.4, -0.2) is 44.2 Å². The van der Waals surface area contributed by atoms with Crippen molar-refractivity contribution < 1.29 is 18.0 Å². The first-order valence-corrected chi connectivity index (χ1v) is 12.5. The maximum Gasteiger partial charge on any atom is 0.243 e. The lowest BCUT2D eigenvalue weighted by Crippen LogP contribution is -2.41. The number of benzene rings is 2. The third-order valence-electron chi connectivity index (χ3n) is 6.44. The Balaban J connectivity index is 1.37. The summed E-state index contributed by atoms with van der Waals surface area (Å²) in [5.41, 5.74) is 3.44.